The highest BCUT2D eigenvalue weighted by molar-refractivity contribution is 6.25. The largest absolute Gasteiger partial charge is 0.490 e. The minimum atomic E-state index is -0.133. The number of ketones is 2. The van der Waals surface area contributed by atoms with E-state index < -0.39 is 0 Å². The van der Waals surface area contributed by atoms with E-state index in [2.05, 4.69) is 0 Å². The maximum Gasteiger partial charge on any atom is 0.175 e. The summed E-state index contributed by atoms with van der Waals surface area (Å²) in [6.07, 6.45) is -0.0200. The second kappa shape index (κ2) is 3.50. The summed E-state index contributed by atoms with van der Waals surface area (Å²) >= 11 is 0. The molecule has 0 saturated carbocycles. The van der Waals surface area contributed by atoms with Gasteiger partial charge in [-0.1, -0.05) is 12.1 Å². The maximum absolute atomic E-state index is 11.6. The Hall–Kier alpha value is -1.64. The maximum atomic E-state index is 11.6. The summed E-state index contributed by atoms with van der Waals surface area (Å²) in [5.41, 5.74) is 0.953. The Morgan fingerprint density at radius 1 is 1.20 bits per heavy atom. The average Bonchev–Trinajstić information content (AvgIpc) is 2.43. The first kappa shape index (κ1) is 9.90. The number of hydrogen-bond donors (Lipinski definition) is 0. The lowest BCUT2D eigenvalue weighted by atomic mass is 10.1. The van der Waals surface area contributed by atoms with Crippen LogP contribution in [-0.2, 0) is 0 Å². The molecule has 0 amide bonds. The van der Waals surface area contributed by atoms with Crippen molar-refractivity contribution in [1.29, 1.82) is 0 Å². The van der Waals surface area contributed by atoms with Crippen LogP contribution < -0.4 is 4.74 Å². The standard InChI is InChI=1S/C12H12O3/c1-7(2)15-11-5-3-4-8-9(13)6-10(14)12(8)11/h3-5,7H,6H2,1-2H3. The summed E-state index contributed by atoms with van der Waals surface area (Å²) in [5.74, 6) is 0.286. The second-order valence-electron chi connectivity index (χ2n) is 3.87. The molecule has 0 N–H and O–H groups in total. The molecule has 0 atom stereocenters. The van der Waals surface area contributed by atoms with Gasteiger partial charge < -0.3 is 4.74 Å². The molecule has 1 aromatic rings. The Bertz CT molecular complexity index is 432. The molecule has 0 fully saturated rings. The number of rotatable bonds is 2. The van der Waals surface area contributed by atoms with Gasteiger partial charge in [0.2, 0.25) is 0 Å². The van der Waals surface area contributed by atoms with Crippen molar-refractivity contribution in [2.45, 2.75) is 26.4 Å². The molecule has 1 aliphatic carbocycles. The zero-order valence-electron chi connectivity index (χ0n) is 8.74. The van der Waals surface area contributed by atoms with Crippen LogP contribution in [0.15, 0.2) is 18.2 Å². The monoisotopic (exact) mass is 204 g/mol. The van der Waals surface area contributed by atoms with Crippen LogP contribution in [0, 0.1) is 0 Å². The van der Waals surface area contributed by atoms with E-state index >= 15 is 0 Å². The quantitative estimate of drug-likeness (QED) is 0.694. The smallest absolute Gasteiger partial charge is 0.175 e. The van der Waals surface area contributed by atoms with Crippen molar-refractivity contribution in [3.8, 4) is 5.75 Å². The van der Waals surface area contributed by atoms with Gasteiger partial charge in [0, 0.05) is 5.56 Å². The minimum Gasteiger partial charge on any atom is -0.490 e. The molecule has 0 aromatic heterocycles. The first-order chi connectivity index (χ1) is 7.09. The van der Waals surface area contributed by atoms with Gasteiger partial charge in [-0.25, -0.2) is 0 Å². The van der Waals surface area contributed by atoms with Gasteiger partial charge in [-0.15, -0.1) is 0 Å². The number of Topliss-reactive ketones (excluding diaryl/α,β-unsaturated/α-hetero) is 2. The molecule has 0 saturated heterocycles. The fourth-order valence-corrected chi connectivity index (χ4v) is 1.73. The molecule has 0 unspecified atom stereocenters. The molecule has 0 aliphatic heterocycles. The number of fused-ring (bicyclic) bond motifs is 1. The Balaban J connectivity index is 2.50. The van der Waals surface area contributed by atoms with Crippen molar-refractivity contribution in [1.82, 2.24) is 0 Å². The molecule has 78 valence electrons. The zero-order chi connectivity index (χ0) is 11.0. The van der Waals surface area contributed by atoms with Gasteiger partial charge in [0.1, 0.15) is 5.75 Å². The van der Waals surface area contributed by atoms with Gasteiger partial charge in [-0.2, -0.15) is 0 Å². The molecular weight excluding hydrogens is 192 g/mol. The van der Waals surface area contributed by atoms with E-state index in [1.54, 1.807) is 18.2 Å². The van der Waals surface area contributed by atoms with E-state index in [4.69, 9.17) is 4.74 Å². The van der Waals surface area contributed by atoms with Gasteiger partial charge in [0.05, 0.1) is 18.1 Å². The molecule has 1 aromatic carbocycles. The molecule has 0 bridgehead atoms. The van der Waals surface area contributed by atoms with E-state index in [0.29, 0.717) is 16.9 Å². The van der Waals surface area contributed by atoms with Crippen LogP contribution in [0.5, 0.6) is 5.75 Å². The average molecular weight is 204 g/mol. The van der Waals surface area contributed by atoms with E-state index in [1.807, 2.05) is 13.8 Å². The van der Waals surface area contributed by atoms with Gasteiger partial charge in [-0.3, -0.25) is 9.59 Å². The van der Waals surface area contributed by atoms with E-state index in [1.165, 1.54) is 0 Å². The third-order valence-electron chi connectivity index (χ3n) is 2.29. The topological polar surface area (TPSA) is 43.4 Å². The third kappa shape index (κ3) is 1.65. The molecule has 3 heteroatoms. The van der Waals surface area contributed by atoms with Crippen molar-refractivity contribution in [3.63, 3.8) is 0 Å². The first-order valence-corrected chi connectivity index (χ1v) is 4.95. The van der Waals surface area contributed by atoms with Crippen LogP contribution in [-0.4, -0.2) is 17.7 Å². The first-order valence-electron chi connectivity index (χ1n) is 4.95. The highest BCUT2D eigenvalue weighted by atomic mass is 16.5. The SMILES string of the molecule is CC(C)Oc1cccc2c1C(=O)CC2=O. The fourth-order valence-electron chi connectivity index (χ4n) is 1.73. The normalized spacial score (nSPS) is 14.6. The highest BCUT2D eigenvalue weighted by Gasteiger charge is 2.30. The van der Waals surface area contributed by atoms with Crippen LogP contribution in [0.25, 0.3) is 0 Å². The lowest BCUT2D eigenvalue weighted by molar-refractivity contribution is 0.0921. The van der Waals surface area contributed by atoms with Crippen LogP contribution in [0.4, 0.5) is 0 Å². The molecule has 1 aliphatic rings. The Labute approximate surface area is 88.1 Å². The summed E-state index contributed by atoms with van der Waals surface area (Å²) in [4.78, 5) is 23.0. The van der Waals surface area contributed by atoms with E-state index in [0.717, 1.165) is 0 Å². The molecule has 3 nitrogen and oxygen atoms in total. The minimum absolute atomic E-state index is 0.00000189. The molecule has 0 spiro atoms. The van der Waals surface area contributed by atoms with Crippen molar-refractivity contribution in [2.24, 2.45) is 0 Å². The van der Waals surface area contributed by atoms with Crippen LogP contribution in [0.3, 0.4) is 0 Å². The summed E-state index contributed by atoms with van der Waals surface area (Å²) in [7, 11) is 0. The fraction of sp³-hybridized carbons (Fsp3) is 0.333. The van der Waals surface area contributed by atoms with Crippen LogP contribution in [0.2, 0.25) is 0 Å². The van der Waals surface area contributed by atoms with Crippen molar-refractivity contribution < 1.29 is 14.3 Å². The lowest BCUT2D eigenvalue weighted by Crippen LogP contribution is -2.08. The van der Waals surface area contributed by atoms with Crippen LogP contribution >= 0.6 is 0 Å². The molecule has 0 radical (unpaired) electrons. The number of ether oxygens (including phenoxy) is 1. The predicted molar refractivity (Wildman–Crippen MR) is 55.5 cm³/mol. The molecule has 2 rings (SSSR count). The van der Waals surface area contributed by atoms with Gasteiger partial charge >= 0.3 is 0 Å². The Morgan fingerprint density at radius 3 is 2.60 bits per heavy atom. The number of carbonyl (C=O) groups is 2. The number of hydrogen-bond acceptors (Lipinski definition) is 3. The predicted octanol–water partition coefficient (Wildman–Crippen LogP) is 2.24. The summed E-state index contributed by atoms with van der Waals surface area (Å²) in [5, 5.41) is 0. The second-order valence-corrected chi connectivity index (χ2v) is 3.87. The van der Waals surface area contributed by atoms with Gasteiger partial charge in [0.25, 0.3) is 0 Å². The van der Waals surface area contributed by atoms with Crippen molar-refractivity contribution >= 4 is 11.6 Å². The van der Waals surface area contributed by atoms with Gasteiger partial charge in [0.15, 0.2) is 11.6 Å². The summed E-state index contributed by atoms with van der Waals surface area (Å²) in [6.45, 7) is 3.78. The van der Waals surface area contributed by atoms with Crippen molar-refractivity contribution in [3.05, 3.63) is 29.3 Å². The summed E-state index contributed by atoms with van der Waals surface area (Å²) < 4.78 is 5.50. The molecule has 15 heavy (non-hydrogen) atoms. The van der Waals surface area contributed by atoms with E-state index in [9.17, 15) is 9.59 Å². The number of benzene rings is 1. The van der Waals surface area contributed by atoms with Crippen molar-refractivity contribution in [2.75, 3.05) is 0 Å². The zero-order valence-corrected chi connectivity index (χ0v) is 8.74. The van der Waals surface area contributed by atoms with E-state index in [-0.39, 0.29) is 24.1 Å². The van der Waals surface area contributed by atoms with Gasteiger partial charge in [-0.05, 0) is 19.9 Å². The molecule has 0 heterocycles. The third-order valence-corrected chi connectivity index (χ3v) is 2.29. The van der Waals surface area contributed by atoms with Crippen LogP contribution in [0.1, 0.15) is 41.0 Å². The molecular formula is C12H12O3. The summed E-state index contributed by atoms with van der Waals surface area (Å²) in [6, 6.07) is 5.15. The Kier molecular flexibility index (Phi) is 2.31. The lowest BCUT2D eigenvalue weighted by Gasteiger charge is -2.12. The number of carbonyl (C=O) groups excluding carboxylic acids is 2. The highest BCUT2D eigenvalue weighted by Crippen LogP contribution is 2.30. The Morgan fingerprint density at radius 2 is 1.93 bits per heavy atom.